The summed E-state index contributed by atoms with van der Waals surface area (Å²) < 4.78 is 5.93. The molecule has 21 heavy (non-hydrogen) atoms. The molecule has 3 heteroatoms. The number of hydrogen-bond donors (Lipinski definition) is 0. The van der Waals surface area contributed by atoms with Gasteiger partial charge in [0.25, 0.3) is 5.91 Å². The number of carbonyl (C=O) groups excluding carboxylic acids is 1. The van der Waals surface area contributed by atoms with Gasteiger partial charge in [0.2, 0.25) is 6.10 Å². The standard InChI is InChI=1S/C18H15NO2/c20-18-17(21-14-9-2-1-3-10-14)16-15-11-5-4-7-13(15)8-6-12-19(16)18/h1-11,16-17H,12H2. The SMILES string of the molecule is O=C1C(Oc2ccccc2)C2c3ccccc3C=CCN12. The fraction of sp³-hybridized carbons (Fsp3) is 0.167. The van der Waals surface area contributed by atoms with Crippen LogP contribution < -0.4 is 4.74 Å². The van der Waals surface area contributed by atoms with Crippen LogP contribution in [-0.4, -0.2) is 23.5 Å². The Morgan fingerprint density at radius 2 is 1.76 bits per heavy atom. The van der Waals surface area contributed by atoms with Crippen LogP contribution >= 0.6 is 0 Å². The molecule has 2 unspecified atom stereocenters. The summed E-state index contributed by atoms with van der Waals surface area (Å²) in [4.78, 5) is 14.2. The number of rotatable bonds is 2. The molecule has 0 spiro atoms. The van der Waals surface area contributed by atoms with E-state index >= 15 is 0 Å². The lowest BCUT2D eigenvalue weighted by Gasteiger charge is -2.46. The second-order valence-corrected chi connectivity index (χ2v) is 5.32. The van der Waals surface area contributed by atoms with E-state index in [2.05, 4.69) is 18.2 Å². The van der Waals surface area contributed by atoms with Gasteiger partial charge in [0.15, 0.2) is 0 Å². The largest absolute Gasteiger partial charge is 0.478 e. The van der Waals surface area contributed by atoms with Crippen LogP contribution in [0.15, 0.2) is 60.7 Å². The number of carbonyl (C=O) groups is 1. The highest BCUT2D eigenvalue weighted by Crippen LogP contribution is 2.40. The molecule has 0 aromatic heterocycles. The minimum atomic E-state index is -0.423. The van der Waals surface area contributed by atoms with E-state index in [1.165, 1.54) is 5.56 Å². The number of benzene rings is 2. The fourth-order valence-corrected chi connectivity index (χ4v) is 3.04. The third-order valence-electron chi connectivity index (χ3n) is 4.07. The normalized spacial score (nSPS) is 22.9. The number of amides is 1. The molecule has 2 atom stereocenters. The Morgan fingerprint density at radius 1 is 1.00 bits per heavy atom. The summed E-state index contributed by atoms with van der Waals surface area (Å²) in [6.07, 6.45) is 3.70. The monoisotopic (exact) mass is 277 g/mol. The van der Waals surface area contributed by atoms with Gasteiger partial charge >= 0.3 is 0 Å². The molecular weight excluding hydrogens is 262 g/mol. The van der Waals surface area contributed by atoms with E-state index in [1.807, 2.05) is 53.4 Å². The molecule has 2 aromatic rings. The van der Waals surface area contributed by atoms with E-state index in [9.17, 15) is 4.79 Å². The Hall–Kier alpha value is -2.55. The van der Waals surface area contributed by atoms with Crippen molar-refractivity contribution in [2.75, 3.05) is 6.54 Å². The smallest absolute Gasteiger partial charge is 0.267 e. The van der Waals surface area contributed by atoms with E-state index in [4.69, 9.17) is 4.74 Å². The summed E-state index contributed by atoms with van der Waals surface area (Å²) in [6, 6.07) is 17.7. The molecule has 2 aromatic carbocycles. The molecule has 104 valence electrons. The fourth-order valence-electron chi connectivity index (χ4n) is 3.04. The molecule has 2 aliphatic rings. The maximum Gasteiger partial charge on any atom is 0.267 e. The summed E-state index contributed by atoms with van der Waals surface area (Å²) in [5, 5.41) is 0. The lowest BCUT2D eigenvalue weighted by atomic mass is 9.88. The van der Waals surface area contributed by atoms with Crippen LogP contribution in [0.5, 0.6) is 5.75 Å². The van der Waals surface area contributed by atoms with Crippen LogP contribution in [0.2, 0.25) is 0 Å². The van der Waals surface area contributed by atoms with E-state index in [1.54, 1.807) is 0 Å². The first kappa shape index (κ1) is 12.2. The highest BCUT2D eigenvalue weighted by Gasteiger charge is 2.50. The summed E-state index contributed by atoms with van der Waals surface area (Å²) >= 11 is 0. The maximum absolute atomic E-state index is 12.3. The molecule has 1 fully saturated rings. The predicted octanol–water partition coefficient (Wildman–Crippen LogP) is 3.04. The first-order chi connectivity index (χ1) is 10.3. The van der Waals surface area contributed by atoms with Crippen LogP contribution in [-0.2, 0) is 4.79 Å². The number of ether oxygens (including phenoxy) is 1. The molecule has 1 amide bonds. The van der Waals surface area contributed by atoms with E-state index in [0.29, 0.717) is 6.54 Å². The Balaban J connectivity index is 1.68. The van der Waals surface area contributed by atoms with Crippen molar-refractivity contribution in [2.45, 2.75) is 12.1 Å². The molecule has 0 bridgehead atoms. The van der Waals surface area contributed by atoms with Crippen molar-refractivity contribution >= 4 is 12.0 Å². The zero-order chi connectivity index (χ0) is 14.2. The molecule has 4 rings (SSSR count). The van der Waals surface area contributed by atoms with Gasteiger partial charge in [-0.05, 0) is 23.3 Å². The van der Waals surface area contributed by atoms with Crippen molar-refractivity contribution < 1.29 is 9.53 Å². The predicted molar refractivity (Wildman–Crippen MR) is 80.8 cm³/mol. The zero-order valence-electron chi connectivity index (χ0n) is 11.5. The highest BCUT2D eigenvalue weighted by molar-refractivity contribution is 5.90. The average molecular weight is 277 g/mol. The first-order valence-corrected chi connectivity index (χ1v) is 7.12. The minimum Gasteiger partial charge on any atom is -0.478 e. The summed E-state index contributed by atoms with van der Waals surface area (Å²) in [6.45, 7) is 0.646. The molecule has 0 aliphatic carbocycles. The Labute approximate surface area is 123 Å². The third kappa shape index (κ3) is 1.93. The van der Waals surface area contributed by atoms with Crippen LogP contribution in [0.3, 0.4) is 0 Å². The molecule has 0 N–H and O–H groups in total. The van der Waals surface area contributed by atoms with Gasteiger partial charge in [-0.1, -0.05) is 54.6 Å². The van der Waals surface area contributed by atoms with Crippen LogP contribution in [0, 0.1) is 0 Å². The van der Waals surface area contributed by atoms with E-state index in [-0.39, 0.29) is 11.9 Å². The van der Waals surface area contributed by atoms with Gasteiger partial charge in [0, 0.05) is 6.54 Å². The van der Waals surface area contributed by atoms with Gasteiger partial charge in [-0.3, -0.25) is 4.79 Å². The molecule has 3 nitrogen and oxygen atoms in total. The molecule has 2 aliphatic heterocycles. The van der Waals surface area contributed by atoms with Crippen molar-refractivity contribution in [2.24, 2.45) is 0 Å². The van der Waals surface area contributed by atoms with Crippen LogP contribution in [0.1, 0.15) is 17.2 Å². The summed E-state index contributed by atoms with van der Waals surface area (Å²) in [5.74, 6) is 0.801. The van der Waals surface area contributed by atoms with E-state index < -0.39 is 6.10 Å². The van der Waals surface area contributed by atoms with Crippen molar-refractivity contribution in [3.8, 4) is 5.75 Å². The van der Waals surface area contributed by atoms with Crippen molar-refractivity contribution in [3.63, 3.8) is 0 Å². The van der Waals surface area contributed by atoms with Gasteiger partial charge in [0.1, 0.15) is 11.8 Å². The highest BCUT2D eigenvalue weighted by atomic mass is 16.5. The number of hydrogen-bond acceptors (Lipinski definition) is 2. The Kier molecular flexibility index (Phi) is 2.78. The topological polar surface area (TPSA) is 29.5 Å². The zero-order valence-corrected chi connectivity index (χ0v) is 11.5. The molecule has 0 saturated carbocycles. The Morgan fingerprint density at radius 3 is 2.62 bits per heavy atom. The van der Waals surface area contributed by atoms with Crippen LogP contribution in [0.25, 0.3) is 6.08 Å². The Bertz CT molecular complexity index is 708. The van der Waals surface area contributed by atoms with Gasteiger partial charge in [0.05, 0.1) is 0 Å². The second-order valence-electron chi connectivity index (χ2n) is 5.32. The maximum atomic E-state index is 12.3. The van der Waals surface area contributed by atoms with E-state index in [0.717, 1.165) is 11.3 Å². The van der Waals surface area contributed by atoms with Crippen molar-refractivity contribution in [1.29, 1.82) is 0 Å². The third-order valence-corrected chi connectivity index (χ3v) is 4.07. The molecule has 0 radical (unpaired) electrons. The summed E-state index contributed by atoms with van der Waals surface area (Å²) in [7, 11) is 0. The van der Waals surface area contributed by atoms with Gasteiger partial charge in [-0.15, -0.1) is 0 Å². The lowest BCUT2D eigenvalue weighted by Crippen LogP contribution is -2.60. The molecular formula is C18H15NO2. The number of para-hydroxylation sites is 1. The number of fused-ring (bicyclic) bond motifs is 3. The first-order valence-electron chi connectivity index (χ1n) is 7.12. The van der Waals surface area contributed by atoms with Gasteiger partial charge < -0.3 is 9.64 Å². The van der Waals surface area contributed by atoms with Crippen LogP contribution in [0.4, 0.5) is 0 Å². The molecule has 1 saturated heterocycles. The van der Waals surface area contributed by atoms with Gasteiger partial charge in [-0.25, -0.2) is 0 Å². The number of nitrogens with zero attached hydrogens (tertiary/aromatic N) is 1. The average Bonchev–Trinajstić information content (AvgIpc) is 2.71. The molecule has 2 heterocycles. The van der Waals surface area contributed by atoms with Crippen molar-refractivity contribution in [3.05, 3.63) is 71.8 Å². The lowest BCUT2D eigenvalue weighted by molar-refractivity contribution is -0.162. The second kappa shape index (κ2) is 4.77. The minimum absolute atomic E-state index is 0.00362. The van der Waals surface area contributed by atoms with Gasteiger partial charge in [-0.2, -0.15) is 0 Å². The summed E-state index contributed by atoms with van der Waals surface area (Å²) in [5.41, 5.74) is 2.32. The van der Waals surface area contributed by atoms with Crippen molar-refractivity contribution in [1.82, 2.24) is 4.90 Å². The number of β-lactam (4-membered cyclic amide) rings is 1. The quantitative estimate of drug-likeness (QED) is 0.790.